The van der Waals surface area contributed by atoms with Gasteiger partial charge in [0.15, 0.2) is 5.17 Å². The third-order valence-electron chi connectivity index (χ3n) is 5.47. The molecule has 1 aliphatic rings. The van der Waals surface area contributed by atoms with E-state index in [4.69, 9.17) is 9.73 Å². The molecule has 5 heteroatoms. The third kappa shape index (κ3) is 5.37. The number of aryl methyl sites for hydroxylation is 2. The predicted octanol–water partition coefficient (Wildman–Crippen LogP) is 7.02. The highest BCUT2D eigenvalue weighted by Gasteiger charge is 2.34. The summed E-state index contributed by atoms with van der Waals surface area (Å²) in [5.41, 5.74) is 5.10. The number of amides is 1. The molecule has 33 heavy (non-hydrogen) atoms. The number of thioether (sulfide) groups is 1. The number of amidine groups is 1. The van der Waals surface area contributed by atoms with E-state index in [-0.39, 0.29) is 5.91 Å². The van der Waals surface area contributed by atoms with E-state index in [2.05, 4.69) is 38.1 Å². The molecule has 1 fully saturated rings. The van der Waals surface area contributed by atoms with Gasteiger partial charge in [-0.1, -0.05) is 50.2 Å². The number of aliphatic imine (C=N–C) groups is 1. The Hall–Kier alpha value is -3.31. The first kappa shape index (κ1) is 22.9. The van der Waals surface area contributed by atoms with Gasteiger partial charge in [0, 0.05) is 0 Å². The molecule has 4 nitrogen and oxygen atoms in total. The van der Waals surface area contributed by atoms with Crippen LogP contribution in [0.3, 0.4) is 0 Å². The minimum Gasteiger partial charge on any atom is -0.494 e. The largest absolute Gasteiger partial charge is 0.494 e. The number of hydrogen-bond acceptors (Lipinski definition) is 4. The first-order chi connectivity index (χ1) is 16.1. The van der Waals surface area contributed by atoms with Crippen LogP contribution in [-0.4, -0.2) is 17.7 Å². The molecule has 0 saturated carbocycles. The summed E-state index contributed by atoms with van der Waals surface area (Å²) >= 11 is 1.40. The molecular formula is C28H28N2O2S. The Kier molecular flexibility index (Phi) is 7.30. The van der Waals surface area contributed by atoms with Crippen molar-refractivity contribution < 1.29 is 9.53 Å². The average Bonchev–Trinajstić information content (AvgIpc) is 3.15. The zero-order valence-electron chi connectivity index (χ0n) is 19.2. The van der Waals surface area contributed by atoms with Crippen molar-refractivity contribution in [1.82, 2.24) is 0 Å². The Morgan fingerprint density at radius 3 is 2.03 bits per heavy atom. The Balaban J connectivity index is 1.70. The van der Waals surface area contributed by atoms with E-state index in [1.54, 1.807) is 4.90 Å². The highest BCUT2D eigenvalue weighted by molar-refractivity contribution is 8.19. The van der Waals surface area contributed by atoms with Crippen LogP contribution in [0.1, 0.15) is 37.5 Å². The lowest BCUT2D eigenvalue weighted by molar-refractivity contribution is -0.113. The molecule has 0 radical (unpaired) electrons. The minimum absolute atomic E-state index is 0.0675. The fourth-order valence-corrected chi connectivity index (χ4v) is 4.55. The van der Waals surface area contributed by atoms with E-state index in [9.17, 15) is 4.79 Å². The molecule has 0 atom stereocenters. The molecule has 0 aliphatic carbocycles. The van der Waals surface area contributed by atoms with E-state index in [0.29, 0.717) is 16.7 Å². The molecule has 168 valence electrons. The first-order valence-electron chi connectivity index (χ1n) is 11.3. The van der Waals surface area contributed by atoms with Gasteiger partial charge in [0.05, 0.1) is 22.9 Å². The van der Waals surface area contributed by atoms with Crippen molar-refractivity contribution in [2.24, 2.45) is 4.99 Å². The van der Waals surface area contributed by atoms with Crippen LogP contribution in [0.5, 0.6) is 5.75 Å². The molecular weight excluding hydrogens is 428 g/mol. The molecule has 0 bridgehead atoms. The van der Waals surface area contributed by atoms with Crippen molar-refractivity contribution in [2.75, 3.05) is 11.5 Å². The summed E-state index contributed by atoms with van der Waals surface area (Å²) in [6.45, 7) is 6.84. The Morgan fingerprint density at radius 1 is 0.848 bits per heavy atom. The number of benzene rings is 3. The summed E-state index contributed by atoms with van der Waals surface area (Å²) in [5, 5.41) is 0.658. The molecule has 4 rings (SSSR count). The minimum atomic E-state index is -0.0675. The molecule has 3 aromatic carbocycles. The Labute approximate surface area is 200 Å². The number of nitrogens with zero attached hydrogens (tertiary/aromatic N) is 2. The van der Waals surface area contributed by atoms with Gasteiger partial charge < -0.3 is 4.74 Å². The molecule has 3 aromatic rings. The summed E-state index contributed by atoms with van der Waals surface area (Å²) < 4.78 is 5.53. The molecule has 1 heterocycles. The van der Waals surface area contributed by atoms with Gasteiger partial charge >= 0.3 is 0 Å². The van der Waals surface area contributed by atoms with Crippen LogP contribution in [0, 0.1) is 0 Å². The second-order valence-corrected chi connectivity index (χ2v) is 8.70. The SMILES string of the molecule is CCOc1ccc(/C=C2\SC(=Nc3ccc(CC)cc3)N(c3ccc(CC)cc3)C2=O)cc1. The Bertz CT molecular complexity index is 1160. The van der Waals surface area contributed by atoms with Gasteiger partial charge in [0.1, 0.15) is 5.75 Å². The topological polar surface area (TPSA) is 41.9 Å². The molecule has 1 amide bonds. The van der Waals surface area contributed by atoms with Crippen LogP contribution < -0.4 is 9.64 Å². The van der Waals surface area contributed by atoms with Gasteiger partial charge in [0.2, 0.25) is 0 Å². The lowest BCUT2D eigenvalue weighted by atomic mass is 10.1. The van der Waals surface area contributed by atoms with E-state index < -0.39 is 0 Å². The van der Waals surface area contributed by atoms with Crippen molar-refractivity contribution in [3.8, 4) is 5.75 Å². The van der Waals surface area contributed by atoms with E-state index in [0.717, 1.165) is 35.5 Å². The van der Waals surface area contributed by atoms with E-state index in [1.165, 1.54) is 22.9 Å². The van der Waals surface area contributed by atoms with Crippen molar-refractivity contribution in [3.05, 3.63) is 94.4 Å². The zero-order chi connectivity index (χ0) is 23.2. The highest BCUT2D eigenvalue weighted by atomic mass is 32.2. The second-order valence-electron chi connectivity index (χ2n) is 7.69. The number of carbonyl (C=O) groups is 1. The van der Waals surface area contributed by atoms with E-state index in [1.807, 2.05) is 61.5 Å². The summed E-state index contributed by atoms with van der Waals surface area (Å²) in [5.74, 6) is 0.752. The van der Waals surface area contributed by atoms with Gasteiger partial charge in [-0.25, -0.2) is 4.99 Å². The van der Waals surface area contributed by atoms with Gasteiger partial charge in [0.25, 0.3) is 5.91 Å². The predicted molar refractivity (Wildman–Crippen MR) is 139 cm³/mol. The molecule has 0 spiro atoms. The second kappa shape index (κ2) is 10.5. The maximum atomic E-state index is 13.5. The van der Waals surface area contributed by atoms with E-state index >= 15 is 0 Å². The summed E-state index contributed by atoms with van der Waals surface area (Å²) in [7, 11) is 0. The normalized spacial score (nSPS) is 16.1. The number of ether oxygens (including phenoxy) is 1. The smallest absolute Gasteiger partial charge is 0.271 e. The standard InChI is InChI=1S/C28H28N2O2S/c1-4-20-7-13-23(14-8-20)29-28-30(24-15-9-21(5-2)10-16-24)27(31)26(33-28)19-22-11-17-25(18-12-22)32-6-3/h7-19H,4-6H2,1-3H3/b26-19-,29-28?. The highest BCUT2D eigenvalue weighted by Crippen LogP contribution is 2.37. The quantitative estimate of drug-likeness (QED) is 0.359. The molecule has 1 aliphatic heterocycles. The maximum absolute atomic E-state index is 13.5. The number of rotatable bonds is 7. The molecule has 1 saturated heterocycles. The lowest BCUT2D eigenvalue weighted by Crippen LogP contribution is -2.28. The Morgan fingerprint density at radius 2 is 1.45 bits per heavy atom. The van der Waals surface area contributed by atoms with Crippen molar-refractivity contribution in [1.29, 1.82) is 0 Å². The van der Waals surface area contributed by atoms with Crippen molar-refractivity contribution >= 4 is 40.3 Å². The zero-order valence-corrected chi connectivity index (χ0v) is 20.1. The molecule has 0 N–H and O–H groups in total. The van der Waals surface area contributed by atoms with Crippen LogP contribution in [0.15, 0.2) is 82.7 Å². The molecule has 0 unspecified atom stereocenters. The van der Waals surface area contributed by atoms with Crippen LogP contribution in [0.2, 0.25) is 0 Å². The third-order valence-corrected chi connectivity index (χ3v) is 6.44. The van der Waals surface area contributed by atoms with Gasteiger partial charge in [-0.3, -0.25) is 9.69 Å². The summed E-state index contributed by atoms with van der Waals surface area (Å²) in [6.07, 6.45) is 3.85. The lowest BCUT2D eigenvalue weighted by Gasteiger charge is -2.16. The van der Waals surface area contributed by atoms with Crippen LogP contribution in [-0.2, 0) is 17.6 Å². The van der Waals surface area contributed by atoms with Crippen LogP contribution >= 0.6 is 11.8 Å². The van der Waals surface area contributed by atoms with Crippen LogP contribution in [0.25, 0.3) is 6.08 Å². The number of carbonyl (C=O) groups excluding carboxylic acids is 1. The molecule has 0 aromatic heterocycles. The maximum Gasteiger partial charge on any atom is 0.271 e. The van der Waals surface area contributed by atoms with Crippen molar-refractivity contribution in [3.63, 3.8) is 0 Å². The van der Waals surface area contributed by atoms with Crippen LogP contribution in [0.4, 0.5) is 11.4 Å². The fraction of sp³-hybridized carbons (Fsp3) is 0.214. The van der Waals surface area contributed by atoms with Gasteiger partial charge in [-0.05, 0) is 90.7 Å². The number of anilines is 1. The average molecular weight is 457 g/mol. The van der Waals surface area contributed by atoms with Gasteiger partial charge in [-0.2, -0.15) is 0 Å². The fourth-order valence-electron chi connectivity index (χ4n) is 3.55. The summed E-state index contributed by atoms with van der Waals surface area (Å²) in [6, 6.07) is 24.1. The first-order valence-corrected chi connectivity index (χ1v) is 12.2. The summed E-state index contributed by atoms with van der Waals surface area (Å²) in [4.78, 5) is 20.7. The van der Waals surface area contributed by atoms with Gasteiger partial charge in [-0.15, -0.1) is 0 Å². The van der Waals surface area contributed by atoms with Crippen molar-refractivity contribution in [2.45, 2.75) is 33.6 Å². The number of hydrogen-bond donors (Lipinski definition) is 0. The monoisotopic (exact) mass is 456 g/mol.